The van der Waals surface area contributed by atoms with Gasteiger partial charge in [0.1, 0.15) is 5.82 Å². The molecule has 8 nitrogen and oxygen atoms in total. The summed E-state index contributed by atoms with van der Waals surface area (Å²) < 4.78 is 27.0. The minimum Gasteiger partial charge on any atom is -0.350 e. The van der Waals surface area contributed by atoms with Gasteiger partial charge in [-0.25, -0.2) is 13.8 Å². The maximum absolute atomic E-state index is 13.5. The topological polar surface area (TPSA) is 90.0 Å². The van der Waals surface area contributed by atoms with E-state index in [2.05, 4.69) is 36.4 Å². The zero-order chi connectivity index (χ0) is 24.7. The zero-order valence-electron chi connectivity index (χ0n) is 19.5. The van der Waals surface area contributed by atoms with Crippen molar-refractivity contribution in [2.45, 2.75) is 25.3 Å². The van der Waals surface area contributed by atoms with Crippen LogP contribution in [0.4, 0.5) is 20.3 Å². The summed E-state index contributed by atoms with van der Waals surface area (Å²) in [5.74, 6) is -2.62. The van der Waals surface area contributed by atoms with E-state index in [1.54, 1.807) is 17.0 Å². The molecule has 0 unspecified atom stereocenters. The number of aromatic amines is 1. The summed E-state index contributed by atoms with van der Waals surface area (Å²) in [4.78, 5) is 25.6. The molecule has 2 aliphatic heterocycles. The van der Waals surface area contributed by atoms with E-state index in [0.717, 1.165) is 41.8 Å². The lowest BCUT2D eigenvalue weighted by Crippen LogP contribution is -2.36. The van der Waals surface area contributed by atoms with Crippen LogP contribution in [0.1, 0.15) is 28.9 Å². The molecule has 4 aromatic rings. The predicted molar refractivity (Wildman–Crippen MR) is 133 cm³/mol. The van der Waals surface area contributed by atoms with E-state index in [1.165, 1.54) is 12.6 Å². The molecule has 10 heteroatoms. The number of halogens is 2. The molecule has 1 aromatic carbocycles. The second kappa shape index (κ2) is 8.94. The van der Waals surface area contributed by atoms with Gasteiger partial charge in [-0.15, -0.1) is 0 Å². The maximum atomic E-state index is 13.5. The van der Waals surface area contributed by atoms with Gasteiger partial charge in [0.25, 0.3) is 11.8 Å². The molecule has 0 saturated carbocycles. The van der Waals surface area contributed by atoms with Crippen LogP contribution in [-0.4, -0.2) is 63.1 Å². The Morgan fingerprint density at radius 1 is 1.06 bits per heavy atom. The third-order valence-corrected chi connectivity index (χ3v) is 6.76. The first-order chi connectivity index (χ1) is 17.4. The van der Waals surface area contributed by atoms with Crippen molar-refractivity contribution in [3.63, 3.8) is 0 Å². The molecular formula is C26H25F2N7O. The Balaban J connectivity index is 1.20. The summed E-state index contributed by atoms with van der Waals surface area (Å²) in [6.45, 7) is 3.04. The van der Waals surface area contributed by atoms with Gasteiger partial charge in [0.2, 0.25) is 0 Å². The minimum absolute atomic E-state index is 0.180. The standard InChI is InChI=1S/C26H25F2N7O/c27-26(28)6-9-35(16-26)23-5-3-20(14-30-23)31-25(36)24-21-11-18(2-4-22(21)32-33-24)19-10-17(12-29-13-19)15-34-7-1-8-34/h2-5,10-14H,1,6-9,15-16H2,(H,31,36)(H,32,33). The first kappa shape index (κ1) is 22.5. The quantitative estimate of drug-likeness (QED) is 0.419. The smallest absolute Gasteiger partial charge is 0.276 e. The Morgan fingerprint density at radius 3 is 2.67 bits per heavy atom. The van der Waals surface area contributed by atoms with E-state index in [-0.39, 0.29) is 31.1 Å². The molecule has 0 aliphatic carbocycles. The van der Waals surface area contributed by atoms with Crippen molar-refractivity contribution in [2.75, 3.05) is 36.4 Å². The number of nitrogens with one attached hydrogen (secondary N) is 2. The molecule has 184 valence electrons. The maximum Gasteiger partial charge on any atom is 0.276 e. The van der Waals surface area contributed by atoms with E-state index >= 15 is 0 Å². The van der Waals surface area contributed by atoms with Crippen molar-refractivity contribution < 1.29 is 13.6 Å². The number of carbonyl (C=O) groups is 1. The third-order valence-electron chi connectivity index (χ3n) is 6.76. The largest absolute Gasteiger partial charge is 0.350 e. The SMILES string of the molecule is O=C(Nc1ccc(N2CCC(F)(F)C2)nc1)c1n[nH]c2ccc(-c3cncc(CN4CCC4)c3)cc12. The molecule has 3 aromatic heterocycles. The summed E-state index contributed by atoms with van der Waals surface area (Å²) in [5, 5.41) is 10.6. The normalized spacial score (nSPS) is 17.3. The molecule has 0 spiro atoms. The number of aromatic nitrogens is 4. The second-order valence-electron chi connectivity index (χ2n) is 9.43. The summed E-state index contributed by atoms with van der Waals surface area (Å²) in [6.07, 6.45) is 6.25. The zero-order valence-corrected chi connectivity index (χ0v) is 19.5. The molecule has 0 bridgehead atoms. The van der Waals surface area contributed by atoms with E-state index in [4.69, 9.17) is 0 Å². The van der Waals surface area contributed by atoms with Gasteiger partial charge in [-0.3, -0.25) is 19.8 Å². The number of carbonyl (C=O) groups excluding carboxylic acids is 1. The van der Waals surface area contributed by atoms with E-state index in [9.17, 15) is 13.6 Å². The molecule has 0 atom stereocenters. The average molecular weight is 490 g/mol. The first-order valence-electron chi connectivity index (χ1n) is 12.0. The number of hydrogen-bond acceptors (Lipinski definition) is 6. The molecule has 2 N–H and O–H groups in total. The van der Waals surface area contributed by atoms with E-state index in [0.29, 0.717) is 16.9 Å². The molecule has 1 amide bonds. The van der Waals surface area contributed by atoms with Gasteiger partial charge in [0.05, 0.1) is 23.9 Å². The van der Waals surface area contributed by atoms with Crippen LogP contribution in [0, 0.1) is 0 Å². The summed E-state index contributed by atoms with van der Waals surface area (Å²) in [6, 6.07) is 11.3. The third kappa shape index (κ3) is 4.51. The number of benzene rings is 1. The van der Waals surface area contributed by atoms with Gasteiger partial charge in [-0.05, 0) is 61.0 Å². The number of anilines is 2. The minimum atomic E-state index is -2.69. The number of alkyl halides is 2. The fourth-order valence-corrected chi connectivity index (χ4v) is 4.67. The number of fused-ring (bicyclic) bond motifs is 1. The van der Waals surface area contributed by atoms with E-state index in [1.807, 2.05) is 30.6 Å². The van der Waals surface area contributed by atoms with E-state index < -0.39 is 5.92 Å². The van der Waals surface area contributed by atoms with Crippen molar-refractivity contribution in [3.8, 4) is 11.1 Å². The fourth-order valence-electron chi connectivity index (χ4n) is 4.67. The van der Waals surface area contributed by atoms with Gasteiger partial charge in [-0.1, -0.05) is 6.07 Å². The van der Waals surface area contributed by atoms with Crippen molar-refractivity contribution in [2.24, 2.45) is 0 Å². The van der Waals surface area contributed by atoms with Crippen LogP contribution in [0.2, 0.25) is 0 Å². The molecule has 36 heavy (non-hydrogen) atoms. The monoisotopic (exact) mass is 489 g/mol. The van der Waals surface area contributed by atoms with Crippen LogP contribution in [0.15, 0.2) is 55.0 Å². The number of H-pyrrole nitrogens is 1. The Morgan fingerprint density at radius 2 is 1.94 bits per heavy atom. The fraction of sp³-hybridized carbons (Fsp3) is 0.308. The number of pyridine rings is 2. The molecular weight excluding hydrogens is 464 g/mol. The lowest BCUT2D eigenvalue weighted by atomic mass is 10.0. The van der Waals surface area contributed by atoms with Gasteiger partial charge in [0.15, 0.2) is 5.69 Å². The number of nitrogens with zero attached hydrogens (tertiary/aromatic N) is 5. The van der Waals surface area contributed by atoms with Gasteiger partial charge in [0, 0.05) is 42.9 Å². The van der Waals surface area contributed by atoms with Crippen molar-refractivity contribution in [3.05, 3.63) is 66.2 Å². The Bertz CT molecular complexity index is 1420. The van der Waals surface area contributed by atoms with Crippen molar-refractivity contribution >= 4 is 28.3 Å². The van der Waals surface area contributed by atoms with Crippen molar-refractivity contribution in [1.82, 2.24) is 25.1 Å². The molecule has 2 saturated heterocycles. The lowest BCUT2D eigenvalue weighted by Gasteiger charge is -2.30. The van der Waals surface area contributed by atoms with Gasteiger partial charge in [-0.2, -0.15) is 5.10 Å². The second-order valence-corrected chi connectivity index (χ2v) is 9.43. The Labute approximate surface area is 206 Å². The molecule has 2 fully saturated rings. The average Bonchev–Trinajstić information content (AvgIpc) is 3.44. The van der Waals surface area contributed by atoms with Gasteiger partial charge >= 0.3 is 0 Å². The number of amides is 1. The Kier molecular flexibility index (Phi) is 5.60. The molecule has 0 radical (unpaired) electrons. The van der Waals surface area contributed by atoms with Crippen LogP contribution < -0.4 is 10.2 Å². The summed E-state index contributed by atoms with van der Waals surface area (Å²) >= 11 is 0. The van der Waals surface area contributed by atoms with Crippen LogP contribution in [0.3, 0.4) is 0 Å². The highest BCUT2D eigenvalue weighted by Gasteiger charge is 2.38. The van der Waals surface area contributed by atoms with Crippen LogP contribution in [0.25, 0.3) is 22.0 Å². The van der Waals surface area contributed by atoms with Crippen LogP contribution >= 0.6 is 0 Å². The molecule has 5 heterocycles. The van der Waals surface area contributed by atoms with Crippen LogP contribution in [0.5, 0.6) is 0 Å². The first-order valence-corrected chi connectivity index (χ1v) is 12.0. The van der Waals surface area contributed by atoms with Crippen molar-refractivity contribution in [1.29, 1.82) is 0 Å². The van der Waals surface area contributed by atoms with Crippen LogP contribution in [-0.2, 0) is 6.54 Å². The number of likely N-dealkylation sites (tertiary alicyclic amines) is 1. The lowest BCUT2D eigenvalue weighted by molar-refractivity contribution is 0.0256. The highest BCUT2D eigenvalue weighted by Crippen LogP contribution is 2.30. The summed E-state index contributed by atoms with van der Waals surface area (Å²) in [5.41, 5.74) is 4.56. The summed E-state index contributed by atoms with van der Waals surface area (Å²) in [7, 11) is 0. The molecule has 6 rings (SSSR count). The highest BCUT2D eigenvalue weighted by atomic mass is 19.3. The predicted octanol–water partition coefficient (Wildman–Crippen LogP) is 4.32. The van der Waals surface area contributed by atoms with Gasteiger partial charge < -0.3 is 10.2 Å². The Hall–Kier alpha value is -3.92. The number of hydrogen-bond donors (Lipinski definition) is 2. The molecule has 2 aliphatic rings. The number of rotatable bonds is 6. The highest BCUT2D eigenvalue weighted by molar-refractivity contribution is 6.11.